The maximum absolute atomic E-state index is 13.3. The van der Waals surface area contributed by atoms with Crippen molar-refractivity contribution in [3.05, 3.63) is 35.9 Å². The van der Waals surface area contributed by atoms with Gasteiger partial charge in [-0.1, -0.05) is 30.3 Å². The summed E-state index contributed by atoms with van der Waals surface area (Å²) in [6.45, 7) is 10.1. The third kappa shape index (κ3) is 7.72. The number of nitrogens with zero attached hydrogens (tertiary/aromatic N) is 3. The van der Waals surface area contributed by atoms with Crippen LogP contribution in [0.4, 0.5) is 14.4 Å². The predicted molar refractivity (Wildman–Crippen MR) is 153 cm³/mol. The number of rotatable bonds is 8. The van der Waals surface area contributed by atoms with Gasteiger partial charge in [-0.15, -0.1) is 0 Å². The maximum Gasteiger partial charge on any atom is 0.419 e. The van der Waals surface area contributed by atoms with Crippen LogP contribution in [0.25, 0.3) is 0 Å². The van der Waals surface area contributed by atoms with Gasteiger partial charge in [0, 0.05) is 13.0 Å². The Bertz CT molecular complexity index is 1240. The van der Waals surface area contributed by atoms with Crippen molar-refractivity contribution in [3.8, 4) is 0 Å². The van der Waals surface area contributed by atoms with E-state index in [0.29, 0.717) is 6.61 Å². The lowest BCUT2D eigenvalue weighted by Gasteiger charge is -2.44. The van der Waals surface area contributed by atoms with Gasteiger partial charge in [-0.2, -0.15) is 0 Å². The molecule has 43 heavy (non-hydrogen) atoms. The molecule has 236 valence electrons. The molecular weight excluding hydrogens is 564 g/mol. The van der Waals surface area contributed by atoms with E-state index in [9.17, 15) is 19.5 Å². The maximum atomic E-state index is 13.3. The summed E-state index contributed by atoms with van der Waals surface area (Å²) < 4.78 is 27.9. The number of amides is 3. The zero-order valence-electron chi connectivity index (χ0n) is 25.2. The van der Waals surface area contributed by atoms with Crippen molar-refractivity contribution < 1.29 is 43.2 Å². The van der Waals surface area contributed by atoms with Crippen molar-refractivity contribution >= 4 is 30.2 Å². The molecule has 0 bridgehead atoms. The van der Waals surface area contributed by atoms with Gasteiger partial charge in [-0.25, -0.2) is 29.3 Å². The molecule has 0 aliphatic carbocycles. The number of benzene rings is 1. The van der Waals surface area contributed by atoms with Crippen molar-refractivity contribution in [2.45, 2.75) is 89.6 Å². The third-order valence-electron chi connectivity index (χ3n) is 6.38. The van der Waals surface area contributed by atoms with E-state index in [1.165, 1.54) is 0 Å². The normalized spacial score (nSPS) is 24.6. The van der Waals surface area contributed by atoms with Gasteiger partial charge in [-0.3, -0.25) is 10.6 Å². The second-order valence-electron chi connectivity index (χ2n) is 12.2. The van der Waals surface area contributed by atoms with Gasteiger partial charge in [0.15, 0.2) is 11.8 Å². The van der Waals surface area contributed by atoms with Gasteiger partial charge in [0.1, 0.15) is 30.1 Å². The van der Waals surface area contributed by atoms with Crippen LogP contribution in [0.1, 0.15) is 53.5 Å². The number of hydrogen-bond acceptors (Lipinski definition) is 12. The molecule has 3 aliphatic heterocycles. The molecule has 3 heterocycles. The van der Waals surface area contributed by atoms with Crippen molar-refractivity contribution in [2.75, 3.05) is 20.0 Å². The molecule has 0 aromatic heterocycles. The van der Waals surface area contributed by atoms with Crippen LogP contribution in [0.3, 0.4) is 0 Å². The monoisotopic (exact) mass is 604 g/mol. The Balaban J connectivity index is 1.61. The van der Waals surface area contributed by atoms with E-state index in [-0.39, 0.29) is 38.3 Å². The summed E-state index contributed by atoms with van der Waals surface area (Å²) in [4.78, 5) is 49.0. The largest absolute Gasteiger partial charge is 0.444 e. The number of cyclic esters (lactones) is 1. The Labute approximate surface area is 249 Å². The zero-order chi connectivity index (χ0) is 31.4. The van der Waals surface area contributed by atoms with Crippen LogP contribution in [-0.4, -0.2) is 95.3 Å². The summed E-state index contributed by atoms with van der Waals surface area (Å²) >= 11 is 0. The SMILES string of the molecule is CC(C)(C)OC(=O)NC1=N[C@H]2[C@H](COCOCc3ccccc3)N=C(NC(=O)OC(C)(C)C)N3C(=O)O[C@@H](CCO)[C@]23N1. The highest BCUT2D eigenvalue weighted by Crippen LogP contribution is 2.42. The predicted octanol–water partition coefficient (Wildman–Crippen LogP) is 2.19. The standard InChI is InChI=1S/C28H40N6O9/c1-26(2,3)42-23(36)31-21-30-20-18(15-40-16-39-14-17-10-8-7-9-11-17)29-22(32-24(37)43-27(4,5)6)34-25(38)41-19(12-13-35)28(20,34)33-21/h7-11,18-20,35H,12-16H2,1-6H3,(H,29,32,37)(H2,30,31,33,36)/t18-,19-,20-,28+/m0/s1. The molecule has 0 radical (unpaired) electrons. The Morgan fingerprint density at radius 1 is 1.02 bits per heavy atom. The number of nitrogens with one attached hydrogen (secondary N) is 3. The number of guanidine groups is 2. The minimum atomic E-state index is -1.49. The fourth-order valence-electron chi connectivity index (χ4n) is 4.91. The van der Waals surface area contributed by atoms with Crippen LogP contribution in [0, 0.1) is 0 Å². The molecule has 1 spiro atoms. The summed E-state index contributed by atoms with van der Waals surface area (Å²) in [5.41, 5.74) is -2.14. The average molecular weight is 605 g/mol. The molecule has 3 aliphatic rings. The van der Waals surface area contributed by atoms with Gasteiger partial charge in [0.05, 0.1) is 13.2 Å². The van der Waals surface area contributed by atoms with E-state index in [2.05, 4.69) is 25.9 Å². The first-order chi connectivity index (χ1) is 20.2. The van der Waals surface area contributed by atoms with Gasteiger partial charge in [0.2, 0.25) is 11.9 Å². The second-order valence-corrected chi connectivity index (χ2v) is 12.2. The fraction of sp³-hybridized carbons (Fsp3) is 0.607. The topological polar surface area (TPSA) is 182 Å². The Kier molecular flexibility index (Phi) is 9.47. The summed E-state index contributed by atoms with van der Waals surface area (Å²) in [6.07, 6.45) is -3.41. The number of alkyl carbamates (subject to hydrolysis) is 2. The molecule has 0 unspecified atom stereocenters. The highest BCUT2D eigenvalue weighted by atomic mass is 16.7. The quantitative estimate of drug-likeness (QED) is 0.195. The number of ether oxygens (including phenoxy) is 5. The highest BCUT2D eigenvalue weighted by molar-refractivity contribution is 6.05. The first-order valence-corrected chi connectivity index (χ1v) is 14.0. The van der Waals surface area contributed by atoms with E-state index in [1.807, 2.05) is 30.3 Å². The second kappa shape index (κ2) is 12.7. The molecule has 1 fully saturated rings. The molecule has 1 saturated heterocycles. The minimum Gasteiger partial charge on any atom is -0.444 e. The molecule has 4 N–H and O–H groups in total. The Morgan fingerprint density at radius 3 is 2.30 bits per heavy atom. The van der Waals surface area contributed by atoms with Crippen LogP contribution in [-0.2, 0) is 30.3 Å². The average Bonchev–Trinajstić information content (AvgIpc) is 3.38. The minimum absolute atomic E-state index is 0.00969. The molecule has 3 amide bonds. The van der Waals surface area contributed by atoms with Crippen molar-refractivity contribution in [2.24, 2.45) is 9.98 Å². The molecule has 4 atom stereocenters. The van der Waals surface area contributed by atoms with Gasteiger partial charge >= 0.3 is 18.3 Å². The molecule has 1 aromatic carbocycles. The van der Waals surface area contributed by atoms with E-state index < -0.39 is 53.3 Å². The van der Waals surface area contributed by atoms with Gasteiger partial charge < -0.3 is 34.1 Å². The Hall–Kier alpha value is -3.95. The van der Waals surface area contributed by atoms with E-state index in [4.69, 9.17) is 23.7 Å². The summed E-state index contributed by atoms with van der Waals surface area (Å²) in [5, 5.41) is 18.1. The third-order valence-corrected chi connectivity index (χ3v) is 6.38. The molecule has 15 heteroatoms. The number of carbonyl (C=O) groups excluding carboxylic acids is 3. The smallest absolute Gasteiger partial charge is 0.419 e. The van der Waals surface area contributed by atoms with Crippen LogP contribution in [0.15, 0.2) is 40.3 Å². The zero-order valence-corrected chi connectivity index (χ0v) is 25.2. The van der Waals surface area contributed by atoms with Crippen LogP contribution >= 0.6 is 0 Å². The van der Waals surface area contributed by atoms with Crippen molar-refractivity contribution in [3.63, 3.8) is 0 Å². The fourth-order valence-corrected chi connectivity index (χ4v) is 4.91. The van der Waals surface area contributed by atoms with Crippen molar-refractivity contribution in [1.29, 1.82) is 0 Å². The number of aliphatic hydroxyl groups is 1. The van der Waals surface area contributed by atoms with Crippen LogP contribution in [0.2, 0.25) is 0 Å². The summed E-state index contributed by atoms with van der Waals surface area (Å²) in [6, 6.07) is 7.89. The lowest BCUT2D eigenvalue weighted by molar-refractivity contribution is -0.0708. The molecular formula is C28H40N6O9. The number of carbonyl (C=O) groups is 3. The molecule has 0 saturated carbocycles. The number of hydrogen-bond donors (Lipinski definition) is 4. The lowest BCUT2D eigenvalue weighted by atomic mass is 9.86. The number of aliphatic imine (C=N–C) groups is 2. The van der Waals surface area contributed by atoms with E-state index in [1.54, 1.807) is 41.5 Å². The van der Waals surface area contributed by atoms with Gasteiger partial charge in [-0.05, 0) is 47.1 Å². The highest BCUT2D eigenvalue weighted by Gasteiger charge is 2.68. The lowest BCUT2D eigenvalue weighted by Crippen LogP contribution is -2.74. The first kappa shape index (κ1) is 32.0. The van der Waals surface area contributed by atoms with Crippen LogP contribution in [0.5, 0.6) is 0 Å². The molecule has 1 aromatic rings. The van der Waals surface area contributed by atoms with E-state index >= 15 is 0 Å². The van der Waals surface area contributed by atoms with E-state index in [0.717, 1.165) is 10.5 Å². The van der Waals surface area contributed by atoms with Crippen molar-refractivity contribution in [1.82, 2.24) is 20.9 Å². The number of aliphatic hydroxyl groups excluding tert-OH is 1. The molecule has 15 nitrogen and oxygen atoms in total. The summed E-state index contributed by atoms with van der Waals surface area (Å²) in [7, 11) is 0. The Morgan fingerprint density at radius 2 is 1.67 bits per heavy atom. The summed E-state index contributed by atoms with van der Waals surface area (Å²) in [5.74, 6) is -0.180. The van der Waals surface area contributed by atoms with Crippen LogP contribution < -0.4 is 16.0 Å². The molecule has 4 rings (SSSR count). The first-order valence-electron chi connectivity index (χ1n) is 14.0. The van der Waals surface area contributed by atoms with Gasteiger partial charge in [0.25, 0.3) is 0 Å².